The van der Waals surface area contributed by atoms with E-state index < -0.39 is 0 Å². The number of hydrogen-bond donors (Lipinski definition) is 1. The molecule has 4 rings (SSSR count). The zero-order chi connectivity index (χ0) is 17.9. The highest BCUT2D eigenvalue weighted by Crippen LogP contribution is 2.40. The van der Waals surface area contributed by atoms with Gasteiger partial charge in [-0.25, -0.2) is 0 Å². The quantitative estimate of drug-likeness (QED) is 0.863. The smallest absolute Gasteiger partial charge is 0.255 e. The number of carbonyl (C=O) groups excluding carboxylic acids is 1. The first-order chi connectivity index (χ1) is 12.7. The molecule has 2 aromatic rings. The summed E-state index contributed by atoms with van der Waals surface area (Å²) >= 11 is 0. The summed E-state index contributed by atoms with van der Waals surface area (Å²) in [6.07, 6.45) is 5.63. The molecule has 1 aliphatic heterocycles. The zero-order valence-electron chi connectivity index (χ0n) is 15.1. The molecule has 26 heavy (non-hydrogen) atoms. The van der Waals surface area contributed by atoms with Crippen molar-refractivity contribution in [3.05, 3.63) is 53.2 Å². The van der Waals surface area contributed by atoms with E-state index in [1.165, 1.54) is 0 Å². The lowest BCUT2D eigenvalue weighted by Crippen LogP contribution is -2.35. The maximum atomic E-state index is 12.7. The molecule has 0 aromatic carbocycles. The second-order valence-electron chi connectivity index (χ2n) is 7.24. The number of rotatable bonds is 6. The number of aromatic nitrogens is 1. The van der Waals surface area contributed by atoms with Crippen LogP contribution in [-0.4, -0.2) is 42.1 Å². The Morgan fingerprint density at radius 2 is 2.15 bits per heavy atom. The number of ether oxygens (including phenoxy) is 1. The van der Waals surface area contributed by atoms with E-state index in [0.29, 0.717) is 18.0 Å². The van der Waals surface area contributed by atoms with Crippen LogP contribution >= 0.6 is 0 Å². The van der Waals surface area contributed by atoms with E-state index in [-0.39, 0.29) is 11.9 Å². The van der Waals surface area contributed by atoms with Crippen LogP contribution in [0.15, 0.2) is 35.1 Å². The van der Waals surface area contributed by atoms with Crippen molar-refractivity contribution in [2.24, 2.45) is 5.92 Å². The van der Waals surface area contributed by atoms with Crippen LogP contribution in [0.3, 0.4) is 0 Å². The third-order valence-corrected chi connectivity index (χ3v) is 5.03. The summed E-state index contributed by atoms with van der Waals surface area (Å²) in [5, 5.41) is 3.16. The number of carbonyl (C=O) groups is 1. The highest BCUT2D eigenvalue weighted by atomic mass is 16.5. The minimum atomic E-state index is -0.0952. The Morgan fingerprint density at radius 1 is 1.35 bits per heavy atom. The molecule has 3 heterocycles. The molecule has 1 atom stereocenters. The molecule has 1 aliphatic carbocycles. The van der Waals surface area contributed by atoms with Gasteiger partial charge in [0.15, 0.2) is 0 Å². The van der Waals surface area contributed by atoms with Crippen molar-refractivity contribution in [2.75, 3.05) is 26.3 Å². The predicted octanol–water partition coefficient (Wildman–Crippen LogP) is 2.70. The molecule has 0 radical (unpaired) electrons. The van der Waals surface area contributed by atoms with Crippen LogP contribution in [0.4, 0.5) is 0 Å². The van der Waals surface area contributed by atoms with Gasteiger partial charge in [-0.05, 0) is 49.4 Å². The summed E-state index contributed by atoms with van der Waals surface area (Å²) in [4.78, 5) is 19.5. The molecule has 2 fully saturated rings. The first-order valence-corrected chi connectivity index (χ1v) is 9.30. The molecule has 1 amide bonds. The molecule has 2 aliphatic rings. The number of hydrogen-bond acceptors (Lipinski definition) is 5. The number of pyridine rings is 1. The average molecular weight is 355 g/mol. The average Bonchev–Trinajstić information content (AvgIpc) is 3.39. The second-order valence-corrected chi connectivity index (χ2v) is 7.24. The van der Waals surface area contributed by atoms with E-state index in [1.807, 2.05) is 25.3 Å². The molecule has 6 nitrogen and oxygen atoms in total. The van der Waals surface area contributed by atoms with Gasteiger partial charge in [0, 0.05) is 19.3 Å². The van der Waals surface area contributed by atoms with E-state index in [4.69, 9.17) is 9.15 Å². The third-order valence-electron chi connectivity index (χ3n) is 5.03. The normalized spacial score (nSPS) is 19.3. The Morgan fingerprint density at radius 3 is 2.88 bits per heavy atom. The van der Waals surface area contributed by atoms with Crippen molar-refractivity contribution in [3.63, 3.8) is 0 Å². The summed E-state index contributed by atoms with van der Waals surface area (Å²) in [6, 6.07) is 5.85. The maximum Gasteiger partial charge on any atom is 0.255 e. The molecule has 1 N–H and O–H groups in total. The first kappa shape index (κ1) is 17.2. The Kier molecular flexibility index (Phi) is 5.04. The number of nitrogens with zero attached hydrogens (tertiary/aromatic N) is 2. The van der Waals surface area contributed by atoms with E-state index in [2.05, 4.69) is 21.3 Å². The van der Waals surface area contributed by atoms with Gasteiger partial charge < -0.3 is 14.5 Å². The van der Waals surface area contributed by atoms with Gasteiger partial charge >= 0.3 is 0 Å². The Bertz CT molecular complexity index is 763. The molecular weight excluding hydrogens is 330 g/mol. The van der Waals surface area contributed by atoms with Gasteiger partial charge in [0.05, 0.1) is 37.1 Å². The molecule has 0 spiro atoms. The third kappa shape index (κ3) is 4.14. The fraction of sp³-hybridized carbons (Fsp3) is 0.500. The van der Waals surface area contributed by atoms with Gasteiger partial charge in [-0.15, -0.1) is 0 Å². The Labute approximate surface area is 153 Å². The molecule has 6 heteroatoms. The fourth-order valence-corrected chi connectivity index (χ4v) is 3.38. The minimum absolute atomic E-state index is 0.0278. The van der Waals surface area contributed by atoms with Crippen molar-refractivity contribution in [1.82, 2.24) is 15.2 Å². The van der Waals surface area contributed by atoms with Crippen molar-refractivity contribution in [2.45, 2.75) is 32.4 Å². The fourth-order valence-electron chi connectivity index (χ4n) is 3.38. The Balaban J connectivity index is 1.42. The van der Waals surface area contributed by atoms with Crippen LogP contribution < -0.4 is 5.32 Å². The van der Waals surface area contributed by atoms with Gasteiger partial charge in [0.2, 0.25) is 0 Å². The number of aryl methyl sites for hydroxylation is 1. The Hall–Kier alpha value is -2.18. The largest absolute Gasteiger partial charge is 0.467 e. The van der Waals surface area contributed by atoms with Crippen LogP contribution in [0, 0.1) is 12.8 Å². The number of furan rings is 1. The lowest BCUT2D eigenvalue weighted by Gasteiger charge is -2.25. The van der Waals surface area contributed by atoms with E-state index in [0.717, 1.165) is 56.2 Å². The number of nitrogens with one attached hydrogen (secondary N) is 1. The van der Waals surface area contributed by atoms with Crippen LogP contribution in [0.2, 0.25) is 0 Å². The molecular formula is C20H25N3O3. The SMILES string of the molecule is Cc1ccnc(C(NC(=O)c2coc(CN3CCOCC3)c2)C2CC2)c1. The summed E-state index contributed by atoms with van der Waals surface area (Å²) in [5.74, 6) is 1.20. The van der Waals surface area contributed by atoms with Crippen molar-refractivity contribution < 1.29 is 13.9 Å². The highest BCUT2D eigenvalue weighted by molar-refractivity contribution is 5.94. The van der Waals surface area contributed by atoms with Crippen LogP contribution in [0.1, 0.15) is 46.3 Å². The maximum absolute atomic E-state index is 12.7. The number of amides is 1. The van der Waals surface area contributed by atoms with Gasteiger partial charge in [0.25, 0.3) is 5.91 Å². The second kappa shape index (κ2) is 7.60. The van der Waals surface area contributed by atoms with Crippen molar-refractivity contribution in [3.8, 4) is 0 Å². The van der Waals surface area contributed by atoms with Gasteiger partial charge in [-0.2, -0.15) is 0 Å². The first-order valence-electron chi connectivity index (χ1n) is 9.30. The molecule has 1 saturated carbocycles. The van der Waals surface area contributed by atoms with Gasteiger partial charge in [-0.1, -0.05) is 0 Å². The molecule has 1 unspecified atom stereocenters. The summed E-state index contributed by atoms with van der Waals surface area (Å²) in [5.41, 5.74) is 2.68. The molecule has 1 saturated heterocycles. The molecule has 0 bridgehead atoms. The lowest BCUT2D eigenvalue weighted by atomic mass is 10.1. The zero-order valence-corrected chi connectivity index (χ0v) is 15.1. The standard InChI is InChI=1S/C20H25N3O3/c1-14-4-5-21-18(10-14)19(15-2-3-15)22-20(24)16-11-17(26-13-16)12-23-6-8-25-9-7-23/h4-5,10-11,13,15,19H,2-3,6-9,12H2,1H3,(H,22,24). The lowest BCUT2D eigenvalue weighted by molar-refractivity contribution is 0.0313. The van der Waals surface area contributed by atoms with Crippen LogP contribution in [-0.2, 0) is 11.3 Å². The van der Waals surface area contributed by atoms with Crippen LogP contribution in [0.5, 0.6) is 0 Å². The number of morpholine rings is 1. The monoisotopic (exact) mass is 355 g/mol. The molecule has 2 aromatic heterocycles. The highest BCUT2D eigenvalue weighted by Gasteiger charge is 2.34. The van der Waals surface area contributed by atoms with Crippen molar-refractivity contribution >= 4 is 5.91 Å². The predicted molar refractivity (Wildman–Crippen MR) is 96.7 cm³/mol. The van der Waals surface area contributed by atoms with Gasteiger partial charge in [-0.3, -0.25) is 14.7 Å². The van der Waals surface area contributed by atoms with Crippen LogP contribution in [0.25, 0.3) is 0 Å². The summed E-state index contributed by atoms with van der Waals surface area (Å²) < 4.78 is 11.0. The summed E-state index contributed by atoms with van der Waals surface area (Å²) in [6.45, 7) is 6.05. The molecule has 138 valence electrons. The van der Waals surface area contributed by atoms with E-state index >= 15 is 0 Å². The van der Waals surface area contributed by atoms with E-state index in [9.17, 15) is 4.79 Å². The van der Waals surface area contributed by atoms with Gasteiger partial charge in [0.1, 0.15) is 12.0 Å². The summed E-state index contributed by atoms with van der Waals surface area (Å²) in [7, 11) is 0. The minimum Gasteiger partial charge on any atom is -0.467 e. The topological polar surface area (TPSA) is 67.6 Å². The van der Waals surface area contributed by atoms with Crippen molar-refractivity contribution in [1.29, 1.82) is 0 Å². The van der Waals surface area contributed by atoms with E-state index in [1.54, 1.807) is 6.26 Å².